The average molecular weight is 228 g/mol. The third kappa shape index (κ3) is 1.62. The highest BCUT2D eigenvalue weighted by Gasteiger charge is 2.24. The van der Waals surface area contributed by atoms with Gasteiger partial charge < -0.3 is 10.4 Å². The average Bonchev–Trinajstić information content (AvgIpc) is 2.38. The lowest BCUT2D eigenvalue weighted by molar-refractivity contribution is -0.138. The summed E-state index contributed by atoms with van der Waals surface area (Å²) in [5.41, 5.74) is 2.88. The molecule has 4 heteroatoms. The first-order chi connectivity index (χ1) is 8.25. The van der Waals surface area contributed by atoms with Crippen molar-refractivity contribution in [1.82, 2.24) is 4.98 Å². The van der Waals surface area contributed by atoms with E-state index >= 15 is 0 Å². The number of aromatic nitrogens is 1. The fraction of sp³-hybridized carbons (Fsp3) is 0.231. The third-order valence-electron chi connectivity index (χ3n) is 3.18. The molecule has 1 aromatic carbocycles. The number of carbonyl (C=O) groups is 1. The van der Waals surface area contributed by atoms with E-state index in [4.69, 9.17) is 5.11 Å². The smallest absolute Gasteiger partial charge is 0.326 e. The van der Waals surface area contributed by atoms with Crippen LogP contribution in [0.1, 0.15) is 12.0 Å². The van der Waals surface area contributed by atoms with Crippen molar-refractivity contribution >= 4 is 22.6 Å². The molecular weight excluding hydrogens is 216 g/mol. The summed E-state index contributed by atoms with van der Waals surface area (Å²) in [6, 6.07) is 7.44. The van der Waals surface area contributed by atoms with Gasteiger partial charge in [-0.3, -0.25) is 4.98 Å². The van der Waals surface area contributed by atoms with Gasteiger partial charge in [0.2, 0.25) is 0 Å². The van der Waals surface area contributed by atoms with Crippen LogP contribution in [0.5, 0.6) is 0 Å². The van der Waals surface area contributed by atoms with Gasteiger partial charge in [0, 0.05) is 11.6 Å². The van der Waals surface area contributed by atoms with Gasteiger partial charge in [0.1, 0.15) is 6.04 Å². The molecule has 0 saturated carbocycles. The van der Waals surface area contributed by atoms with Gasteiger partial charge in [-0.05, 0) is 24.5 Å². The number of carboxylic acid groups (broad SMARTS) is 1. The van der Waals surface area contributed by atoms with E-state index in [0.29, 0.717) is 6.42 Å². The van der Waals surface area contributed by atoms with E-state index in [2.05, 4.69) is 10.3 Å². The number of nitrogens with one attached hydrogen (secondary N) is 1. The predicted molar refractivity (Wildman–Crippen MR) is 65.1 cm³/mol. The maximum atomic E-state index is 11.0. The second kappa shape index (κ2) is 3.73. The van der Waals surface area contributed by atoms with Crippen molar-refractivity contribution in [3.05, 3.63) is 36.0 Å². The first kappa shape index (κ1) is 10.1. The van der Waals surface area contributed by atoms with Gasteiger partial charge in [-0.1, -0.05) is 18.2 Å². The minimum absolute atomic E-state index is 0.505. The number of nitrogens with zero attached hydrogens (tertiary/aromatic N) is 1. The SMILES string of the molecule is O=C(O)C1CCc2ccc3cccnc3c2N1. The summed E-state index contributed by atoms with van der Waals surface area (Å²) in [6.45, 7) is 0. The number of aliphatic carboxylic acids is 1. The lowest BCUT2D eigenvalue weighted by atomic mass is 9.96. The monoisotopic (exact) mass is 228 g/mol. The number of aryl methyl sites for hydroxylation is 1. The maximum Gasteiger partial charge on any atom is 0.326 e. The van der Waals surface area contributed by atoms with E-state index in [9.17, 15) is 4.79 Å². The Bertz CT molecular complexity index is 595. The minimum Gasteiger partial charge on any atom is -0.480 e. The van der Waals surface area contributed by atoms with E-state index < -0.39 is 12.0 Å². The first-order valence-electron chi connectivity index (χ1n) is 5.61. The van der Waals surface area contributed by atoms with Crippen LogP contribution in [0.2, 0.25) is 0 Å². The van der Waals surface area contributed by atoms with Gasteiger partial charge in [-0.15, -0.1) is 0 Å². The highest BCUT2D eigenvalue weighted by Crippen LogP contribution is 2.31. The molecule has 17 heavy (non-hydrogen) atoms. The topological polar surface area (TPSA) is 62.2 Å². The molecule has 86 valence electrons. The summed E-state index contributed by atoms with van der Waals surface area (Å²) < 4.78 is 0. The highest BCUT2D eigenvalue weighted by atomic mass is 16.4. The van der Waals surface area contributed by atoms with Crippen LogP contribution in [0.3, 0.4) is 0 Å². The molecule has 0 saturated heterocycles. The van der Waals surface area contributed by atoms with Gasteiger partial charge in [0.15, 0.2) is 0 Å². The molecule has 4 nitrogen and oxygen atoms in total. The molecule has 0 aliphatic carbocycles. The van der Waals surface area contributed by atoms with Crippen LogP contribution in [0.4, 0.5) is 5.69 Å². The van der Waals surface area contributed by atoms with Crippen LogP contribution in [0.15, 0.2) is 30.5 Å². The Balaban J connectivity index is 2.15. The molecule has 1 aliphatic rings. The summed E-state index contributed by atoms with van der Waals surface area (Å²) in [5, 5.41) is 13.2. The van der Waals surface area contributed by atoms with Gasteiger partial charge >= 0.3 is 5.97 Å². The van der Waals surface area contributed by atoms with Crippen LogP contribution in [0.25, 0.3) is 10.9 Å². The quantitative estimate of drug-likeness (QED) is 0.784. The third-order valence-corrected chi connectivity index (χ3v) is 3.18. The molecule has 1 aliphatic heterocycles. The number of hydrogen-bond donors (Lipinski definition) is 2. The number of carboxylic acids is 1. The summed E-state index contributed by atoms with van der Waals surface area (Å²) >= 11 is 0. The number of benzene rings is 1. The van der Waals surface area contributed by atoms with Crippen molar-refractivity contribution in [1.29, 1.82) is 0 Å². The summed E-state index contributed by atoms with van der Waals surface area (Å²) in [5.74, 6) is -0.802. The van der Waals surface area contributed by atoms with Gasteiger partial charge in [0.25, 0.3) is 0 Å². The highest BCUT2D eigenvalue weighted by molar-refractivity contribution is 5.94. The Morgan fingerprint density at radius 3 is 3.12 bits per heavy atom. The lowest BCUT2D eigenvalue weighted by Gasteiger charge is -2.24. The van der Waals surface area contributed by atoms with Crippen LogP contribution in [0, 0.1) is 0 Å². The van der Waals surface area contributed by atoms with Crippen molar-refractivity contribution < 1.29 is 9.90 Å². The summed E-state index contributed by atoms with van der Waals surface area (Å²) in [6.07, 6.45) is 3.14. The fourth-order valence-electron chi connectivity index (χ4n) is 2.29. The molecule has 2 heterocycles. The van der Waals surface area contributed by atoms with Crippen LogP contribution in [-0.4, -0.2) is 22.1 Å². The largest absolute Gasteiger partial charge is 0.480 e. The van der Waals surface area contributed by atoms with Crippen molar-refractivity contribution in [3.8, 4) is 0 Å². The molecule has 1 unspecified atom stereocenters. The molecule has 0 amide bonds. The van der Waals surface area contributed by atoms with Gasteiger partial charge in [-0.25, -0.2) is 4.79 Å². The first-order valence-corrected chi connectivity index (χ1v) is 5.61. The molecular formula is C13H12N2O2. The number of anilines is 1. The molecule has 1 atom stereocenters. The van der Waals surface area contributed by atoms with E-state index in [1.54, 1.807) is 6.20 Å². The van der Waals surface area contributed by atoms with Crippen molar-refractivity contribution in [2.45, 2.75) is 18.9 Å². The molecule has 0 fully saturated rings. The van der Waals surface area contributed by atoms with Gasteiger partial charge in [-0.2, -0.15) is 0 Å². The standard InChI is InChI=1S/C13H12N2O2/c16-13(17)10-6-5-9-4-3-8-2-1-7-14-11(8)12(9)15-10/h1-4,7,10,15H,5-6H2,(H,16,17). The number of pyridine rings is 1. The molecule has 0 spiro atoms. The van der Waals surface area contributed by atoms with E-state index in [1.165, 1.54) is 0 Å². The Kier molecular flexibility index (Phi) is 2.21. The lowest BCUT2D eigenvalue weighted by Crippen LogP contribution is -2.33. The number of fused-ring (bicyclic) bond motifs is 3. The zero-order valence-electron chi connectivity index (χ0n) is 9.18. The Hall–Kier alpha value is -2.10. The summed E-state index contributed by atoms with van der Waals surface area (Å²) in [7, 11) is 0. The molecule has 2 aromatic rings. The predicted octanol–water partition coefficient (Wildman–Crippen LogP) is 2.05. The Morgan fingerprint density at radius 1 is 1.41 bits per heavy atom. The molecule has 3 rings (SSSR count). The van der Waals surface area contributed by atoms with Crippen LogP contribution >= 0.6 is 0 Å². The second-order valence-electron chi connectivity index (χ2n) is 4.25. The number of hydrogen-bond acceptors (Lipinski definition) is 3. The zero-order valence-corrected chi connectivity index (χ0v) is 9.18. The van der Waals surface area contributed by atoms with Crippen molar-refractivity contribution in [2.75, 3.05) is 5.32 Å². The zero-order chi connectivity index (χ0) is 11.8. The number of rotatable bonds is 1. The van der Waals surface area contributed by atoms with Crippen molar-refractivity contribution in [2.24, 2.45) is 0 Å². The fourth-order valence-corrected chi connectivity index (χ4v) is 2.29. The molecule has 0 radical (unpaired) electrons. The van der Waals surface area contributed by atoms with Crippen LogP contribution in [-0.2, 0) is 11.2 Å². The summed E-state index contributed by atoms with van der Waals surface area (Å²) in [4.78, 5) is 15.4. The van der Waals surface area contributed by atoms with Crippen LogP contribution < -0.4 is 5.32 Å². The van der Waals surface area contributed by atoms with Gasteiger partial charge in [0.05, 0.1) is 11.2 Å². The van der Waals surface area contributed by atoms with E-state index in [0.717, 1.165) is 28.6 Å². The van der Waals surface area contributed by atoms with Crippen molar-refractivity contribution in [3.63, 3.8) is 0 Å². The second-order valence-corrected chi connectivity index (χ2v) is 4.25. The molecule has 2 N–H and O–H groups in total. The molecule has 0 bridgehead atoms. The Morgan fingerprint density at radius 2 is 2.29 bits per heavy atom. The maximum absolute atomic E-state index is 11.0. The minimum atomic E-state index is -0.802. The Labute approximate surface area is 98.3 Å². The normalized spacial score (nSPS) is 18.5. The van der Waals surface area contributed by atoms with E-state index in [1.807, 2.05) is 24.3 Å². The van der Waals surface area contributed by atoms with E-state index in [-0.39, 0.29) is 0 Å². The molecule has 1 aromatic heterocycles.